The quantitative estimate of drug-likeness (QED) is 0.843. The summed E-state index contributed by atoms with van der Waals surface area (Å²) in [6, 6.07) is 10.3. The molecular formula is C12H12ClNS. The molecule has 78 valence electrons. The van der Waals surface area contributed by atoms with E-state index in [1.165, 1.54) is 10.4 Å². The SMILES string of the molecule is Cc1sc(Cl)c(N)c1Cc1ccccc1. The Bertz CT molecular complexity index is 462. The lowest BCUT2D eigenvalue weighted by Gasteiger charge is -2.02. The van der Waals surface area contributed by atoms with Crippen LogP contribution in [0.5, 0.6) is 0 Å². The lowest BCUT2D eigenvalue weighted by atomic mass is 10.1. The van der Waals surface area contributed by atoms with E-state index in [2.05, 4.69) is 19.1 Å². The Morgan fingerprint density at radius 1 is 1.27 bits per heavy atom. The Morgan fingerprint density at radius 2 is 1.93 bits per heavy atom. The predicted octanol–water partition coefficient (Wildman–Crippen LogP) is 3.88. The summed E-state index contributed by atoms with van der Waals surface area (Å²) >= 11 is 7.55. The highest BCUT2D eigenvalue weighted by Gasteiger charge is 2.11. The minimum Gasteiger partial charge on any atom is -0.397 e. The van der Waals surface area contributed by atoms with Crippen molar-refractivity contribution in [1.82, 2.24) is 0 Å². The number of hydrogen-bond donors (Lipinski definition) is 1. The monoisotopic (exact) mass is 237 g/mol. The molecule has 0 fully saturated rings. The maximum Gasteiger partial charge on any atom is 0.116 e. The number of nitrogen functional groups attached to an aromatic ring is 1. The highest BCUT2D eigenvalue weighted by atomic mass is 35.5. The lowest BCUT2D eigenvalue weighted by molar-refractivity contribution is 1.19. The van der Waals surface area contributed by atoms with Crippen LogP contribution in [-0.2, 0) is 6.42 Å². The largest absolute Gasteiger partial charge is 0.397 e. The molecule has 0 aliphatic rings. The van der Waals surface area contributed by atoms with Crippen LogP contribution >= 0.6 is 22.9 Å². The number of aryl methyl sites for hydroxylation is 1. The molecule has 1 heterocycles. The second-order valence-corrected chi connectivity index (χ2v) is 5.31. The molecule has 0 unspecified atom stereocenters. The van der Waals surface area contributed by atoms with Crippen molar-refractivity contribution < 1.29 is 0 Å². The minimum absolute atomic E-state index is 0.707. The molecule has 0 amide bonds. The van der Waals surface area contributed by atoms with Gasteiger partial charge in [-0.2, -0.15) is 0 Å². The number of halogens is 1. The lowest BCUT2D eigenvalue weighted by Crippen LogP contribution is -1.93. The summed E-state index contributed by atoms with van der Waals surface area (Å²) in [6.07, 6.45) is 0.863. The van der Waals surface area contributed by atoms with Crippen LogP contribution in [-0.4, -0.2) is 0 Å². The van der Waals surface area contributed by atoms with Gasteiger partial charge in [0.2, 0.25) is 0 Å². The molecule has 2 N–H and O–H groups in total. The summed E-state index contributed by atoms with van der Waals surface area (Å²) in [6.45, 7) is 2.06. The topological polar surface area (TPSA) is 26.0 Å². The summed E-state index contributed by atoms with van der Waals surface area (Å²) in [7, 11) is 0. The van der Waals surface area contributed by atoms with Crippen LogP contribution in [0, 0.1) is 6.92 Å². The zero-order valence-electron chi connectivity index (χ0n) is 8.46. The van der Waals surface area contributed by atoms with Crippen molar-refractivity contribution in [2.45, 2.75) is 13.3 Å². The van der Waals surface area contributed by atoms with Gasteiger partial charge in [0.1, 0.15) is 4.34 Å². The van der Waals surface area contributed by atoms with Crippen LogP contribution in [0.1, 0.15) is 16.0 Å². The fourth-order valence-corrected chi connectivity index (χ4v) is 2.85. The van der Waals surface area contributed by atoms with Crippen molar-refractivity contribution in [2.24, 2.45) is 0 Å². The molecule has 2 aromatic rings. The zero-order chi connectivity index (χ0) is 10.8. The minimum atomic E-state index is 0.707. The number of thiophene rings is 1. The van der Waals surface area contributed by atoms with E-state index in [1.807, 2.05) is 18.2 Å². The Labute approximate surface area is 98.5 Å². The second kappa shape index (κ2) is 4.25. The maximum atomic E-state index is 5.99. The van der Waals surface area contributed by atoms with Gasteiger partial charge in [0.25, 0.3) is 0 Å². The van der Waals surface area contributed by atoms with Gasteiger partial charge in [-0.05, 0) is 18.1 Å². The average molecular weight is 238 g/mol. The molecule has 15 heavy (non-hydrogen) atoms. The van der Waals surface area contributed by atoms with Crippen molar-refractivity contribution in [2.75, 3.05) is 5.73 Å². The predicted molar refractivity (Wildman–Crippen MR) is 67.7 cm³/mol. The zero-order valence-corrected chi connectivity index (χ0v) is 10.0. The van der Waals surface area contributed by atoms with Crippen molar-refractivity contribution in [1.29, 1.82) is 0 Å². The van der Waals surface area contributed by atoms with Crippen LogP contribution in [0.3, 0.4) is 0 Å². The Morgan fingerprint density at radius 3 is 2.47 bits per heavy atom. The van der Waals surface area contributed by atoms with Gasteiger partial charge in [0.15, 0.2) is 0 Å². The third-order valence-corrected chi connectivity index (χ3v) is 3.82. The van der Waals surface area contributed by atoms with Gasteiger partial charge >= 0.3 is 0 Å². The number of benzene rings is 1. The van der Waals surface area contributed by atoms with E-state index >= 15 is 0 Å². The summed E-state index contributed by atoms with van der Waals surface area (Å²) in [5.74, 6) is 0. The van der Waals surface area contributed by atoms with Crippen LogP contribution in [0.4, 0.5) is 5.69 Å². The number of hydrogen-bond acceptors (Lipinski definition) is 2. The molecule has 0 atom stereocenters. The first kappa shape index (κ1) is 10.5. The Kier molecular flexibility index (Phi) is 2.98. The van der Waals surface area contributed by atoms with Crippen LogP contribution < -0.4 is 5.73 Å². The first-order chi connectivity index (χ1) is 7.18. The number of nitrogens with two attached hydrogens (primary N) is 1. The molecule has 2 rings (SSSR count). The highest BCUT2D eigenvalue weighted by molar-refractivity contribution is 7.17. The van der Waals surface area contributed by atoms with Crippen molar-refractivity contribution in [3.8, 4) is 0 Å². The Hall–Kier alpha value is -0.990. The summed E-state index contributed by atoms with van der Waals surface area (Å²) < 4.78 is 0.707. The van der Waals surface area contributed by atoms with Crippen LogP contribution in [0.15, 0.2) is 30.3 Å². The fourth-order valence-electron chi connectivity index (χ4n) is 1.58. The molecule has 1 aromatic heterocycles. The molecule has 0 saturated carbocycles. The molecule has 0 aliphatic heterocycles. The van der Waals surface area contributed by atoms with E-state index in [0.29, 0.717) is 4.34 Å². The smallest absolute Gasteiger partial charge is 0.116 e. The van der Waals surface area contributed by atoms with Crippen LogP contribution in [0.25, 0.3) is 0 Å². The van der Waals surface area contributed by atoms with Gasteiger partial charge in [-0.3, -0.25) is 0 Å². The van der Waals surface area contributed by atoms with Gasteiger partial charge in [0.05, 0.1) is 5.69 Å². The van der Waals surface area contributed by atoms with Gasteiger partial charge in [-0.1, -0.05) is 41.9 Å². The van der Waals surface area contributed by atoms with E-state index in [4.69, 9.17) is 17.3 Å². The van der Waals surface area contributed by atoms with Crippen molar-refractivity contribution >= 4 is 28.6 Å². The average Bonchev–Trinajstić information content (AvgIpc) is 2.47. The number of rotatable bonds is 2. The van der Waals surface area contributed by atoms with Gasteiger partial charge in [0, 0.05) is 11.3 Å². The first-order valence-electron chi connectivity index (χ1n) is 4.75. The molecule has 3 heteroatoms. The van der Waals surface area contributed by atoms with Gasteiger partial charge in [-0.25, -0.2) is 0 Å². The molecule has 0 spiro atoms. The Balaban J connectivity index is 2.32. The molecule has 0 aliphatic carbocycles. The van der Waals surface area contributed by atoms with Gasteiger partial charge in [-0.15, -0.1) is 11.3 Å². The maximum absolute atomic E-state index is 5.99. The number of anilines is 1. The molecule has 0 bridgehead atoms. The molecule has 0 saturated heterocycles. The third-order valence-electron chi connectivity index (χ3n) is 2.43. The van der Waals surface area contributed by atoms with Crippen molar-refractivity contribution in [3.63, 3.8) is 0 Å². The first-order valence-corrected chi connectivity index (χ1v) is 5.95. The van der Waals surface area contributed by atoms with E-state index in [9.17, 15) is 0 Å². The van der Waals surface area contributed by atoms with E-state index in [1.54, 1.807) is 11.3 Å². The fraction of sp³-hybridized carbons (Fsp3) is 0.167. The summed E-state index contributed by atoms with van der Waals surface area (Å²) in [5.41, 5.74) is 9.10. The van der Waals surface area contributed by atoms with E-state index in [-0.39, 0.29) is 0 Å². The van der Waals surface area contributed by atoms with Crippen molar-refractivity contribution in [3.05, 3.63) is 50.7 Å². The summed E-state index contributed by atoms with van der Waals surface area (Å²) in [5, 5.41) is 0. The highest BCUT2D eigenvalue weighted by Crippen LogP contribution is 2.35. The molecule has 1 aromatic carbocycles. The van der Waals surface area contributed by atoms with Gasteiger partial charge < -0.3 is 5.73 Å². The normalized spacial score (nSPS) is 10.5. The molecule has 1 nitrogen and oxygen atoms in total. The van der Waals surface area contributed by atoms with E-state index < -0.39 is 0 Å². The molecular weight excluding hydrogens is 226 g/mol. The van der Waals surface area contributed by atoms with E-state index in [0.717, 1.165) is 17.7 Å². The third kappa shape index (κ3) is 2.16. The second-order valence-electron chi connectivity index (χ2n) is 3.49. The summed E-state index contributed by atoms with van der Waals surface area (Å²) in [4.78, 5) is 1.21. The standard InChI is InChI=1S/C12H12ClNS/c1-8-10(11(14)12(13)15-8)7-9-5-3-2-4-6-9/h2-6H,7,14H2,1H3. The molecule has 0 radical (unpaired) electrons. The van der Waals surface area contributed by atoms with Crippen LogP contribution in [0.2, 0.25) is 4.34 Å².